The first kappa shape index (κ1) is 13.9. The first-order valence-electron chi connectivity index (χ1n) is 7.71. The molecule has 0 fully saturated rings. The highest BCUT2D eigenvalue weighted by Gasteiger charge is 2.24. The quantitative estimate of drug-likeness (QED) is 0.932. The molecule has 0 radical (unpaired) electrons. The number of rotatable bonds is 4. The van der Waals surface area contributed by atoms with Crippen LogP contribution in [0.15, 0.2) is 24.3 Å². The van der Waals surface area contributed by atoms with Gasteiger partial charge in [-0.25, -0.2) is 9.97 Å². The lowest BCUT2D eigenvalue weighted by Gasteiger charge is -2.22. The lowest BCUT2D eigenvalue weighted by molar-refractivity contribution is 0.890. The number of nitrogens with one attached hydrogen (secondary N) is 1. The van der Waals surface area contributed by atoms with E-state index in [1.54, 1.807) is 0 Å². The molecule has 0 unspecified atom stereocenters. The van der Waals surface area contributed by atoms with Crippen LogP contribution in [0.2, 0.25) is 0 Å². The second-order valence-corrected chi connectivity index (χ2v) is 5.35. The van der Waals surface area contributed by atoms with Gasteiger partial charge in [0.2, 0.25) is 0 Å². The number of aryl methyl sites for hydroxylation is 1. The summed E-state index contributed by atoms with van der Waals surface area (Å²) >= 11 is 0. The van der Waals surface area contributed by atoms with Crippen molar-refractivity contribution in [2.75, 3.05) is 23.3 Å². The maximum absolute atomic E-state index is 4.79. The van der Waals surface area contributed by atoms with Crippen molar-refractivity contribution in [2.45, 2.75) is 33.6 Å². The topological polar surface area (TPSA) is 41.1 Å². The molecule has 0 aliphatic carbocycles. The summed E-state index contributed by atoms with van der Waals surface area (Å²) in [6.45, 7) is 8.16. The molecule has 4 nitrogen and oxygen atoms in total. The van der Waals surface area contributed by atoms with Crippen LogP contribution >= 0.6 is 0 Å². The minimum atomic E-state index is 0.848. The Morgan fingerprint density at radius 2 is 2.00 bits per heavy atom. The number of aromatic nitrogens is 2. The summed E-state index contributed by atoms with van der Waals surface area (Å²) in [6.07, 6.45) is 1.93. The van der Waals surface area contributed by atoms with Crippen LogP contribution in [0, 0.1) is 6.92 Å². The molecular formula is C17H22N4. The highest BCUT2D eigenvalue weighted by atomic mass is 15.2. The minimum Gasteiger partial charge on any atom is -0.370 e. The zero-order chi connectivity index (χ0) is 14.8. The maximum atomic E-state index is 4.79. The van der Waals surface area contributed by atoms with E-state index in [1.807, 2.05) is 0 Å². The third kappa shape index (κ3) is 2.46. The number of benzene rings is 1. The van der Waals surface area contributed by atoms with Crippen molar-refractivity contribution in [1.82, 2.24) is 9.97 Å². The van der Waals surface area contributed by atoms with Crippen LogP contribution < -0.4 is 10.2 Å². The fourth-order valence-electron chi connectivity index (χ4n) is 2.87. The molecule has 4 heteroatoms. The van der Waals surface area contributed by atoms with Gasteiger partial charge in [-0.2, -0.15) is 0 Å². The number of nitrogens with zero attached hydrogens (tertiary/aromatic N) is 3. The number of hydrogen-bond donors (Lipinski definition) is 1. The van der Waals surface area contributed by atoms with Gasteiger partial charge >= 0.3 is 0 Å². The SMILES string of the molecule is CCNc1nc(CC)nc(N2CCc3ccccc32)c1C. The van der Waals surface area contributed by atoms with Crippen LogP contribution in [0.1, 0.15) is 30.8 Å². The van der Waals surface area contributed by atoms with Crippen molar-refractivity contribution < 1.29 is 0 Å². The summed E-state index contributed by atoms with van der Waals surface area (Å²) in [5.74, 6) is 2.91. The number of anilines is 3. The molecule has 0 spiro atoms. The molecular weight excluding hydrogens is 260 g/mol. The fourth-order valence-corrected chi connectivity index (χ4v) is 2.87. The Labute approximate surface area is 126 Å². The van der Waals surface area contributed by atoms with E-state index in [9.17, 15) is 0 Å². The maximum Gasteiger partial charge on any atom is 0.141 e. The highest BCUT2D eigenvalue weighted by molar-refractivity contribution is 5.72. The van der Waals surface area contributed by atoms with Gasteiger partial charge in [-0.3, -0.25) is 0 Å². The van der Waals surface area contributed by atoms with Crippen molar-refractivity contribution in [3.05, 3.63) is 41.2 Å². The van der Waals surface area contributed by atoms with Crippen molar-refractivity contribution in [3.8, 4) is 0 Å². The Balaban J connectivity index is 2.08. The third-order valence-electron chi connectivity index (χ3n) is 3.97. The van der Waals surface area contributed by atoms with Gasteiger partial charge in [0.05, 0.1) is 0 Å². The van der Waals surface area contributed by atoms with Crippen molar-refractivity contribution in [1.29, 1.82) is 0 Å². The van der Waals surface area contributed by atoms with Gasteiger partial charge in [-0.05, 0) is 31.9 Å². The van der Waals surface area contributed by atoms with E-state index in [4.69, 9.17) is 4.98 Å². The molecule has 1 aromatic carbocycles. The van der Waals surface area contributed by atoms with Crippen LogP contribution in [-0.2, 0) is 12.8 Å². The Morgan fingerprint density at radius 3 is 2.76 bits per heavy atom. The van der Waals surface area contributed by atoms with Gasteiger partial charge < -0.3 is 10.2 Å². The predicted octanol–water partition coefficient (Wildman–Crippen LogP) is 3.47. The van der Waals surface area contributed by atoms with Crippen LogP contribution in [0.5, 0.6) is 0 Å². The molecule has 21 heavy (non-hydrogen) atoms. The Hall–Kier alpha value is -2.10. The monoisotopic (exact) mass is 282 g/mol. The average Bonchev–Trinajstić information content (AvgIpc) is 2.93. The van der Waals surface area contributed by atoms with Gasteiger partial charge in [0, 0.05) is 30.8 Å². The van der Waals surface area contributed by atoms with Crippen molar-refractivity contribution in [2.24, 2.45) is 0 Å². The number of fused-ring (bicyclic) bond motifs is 1. The summed E-state index contributed by atoms with van der Waals surface area (Å²) in [5, 5.41) is 3.36. The van der Waals surface area contributed by atoms with Gasteiger partial charge in [-0.1, -0.05) is 25.1 Å². The molecule has 0 saturated heterocycles. The first-order chi connectivity index (χ1) is 10.2. The van der Waals surface area contributed by atoms with Gasteiger partial charge in [-0.15, -0.1) is 0 Å². The molecule has 0 amide bonds. The molecule has 2 aromatic rings. The lowest BCUT2D eigenvalue weighted by Crippen LogP contribution is -2.19. The molecule has 0 bridgehead atoms. The summed E-state index contributed by atoms with van der Waals surface area (Å²) in [7, 11) is 0. The summed E-state index contributed by atoms with van der Waals surface area (Å²) < 4.78 is 0. The van der Waals surface area contributed by atoms with Gasteiger partial charge in [0.15, 0.2) is 0 Å². The summed E-state index contributed by atoms with van der Waals surface area (Å²) in [6, 6.07) is 8.59. The van der Waals surface area contributed by atoms with Crippen molar-refractivity contribution >= 4 is 17.3 Å². The van der Waals surface area contributed by atoms with E-state index in [-0.39, 0.29) is 0 Å². The zero-order valence-electron chi connectivity index (χ0n) is 13.0. The van der Waals surface area contributed by atoms with E-state index >= 15 is 0 Å². The minimum absolute atomic E-state index is 0.848. The molecule has 2 heterocycles. The second kappa shape index (κ2) is 5.72. The van der Waals surface area contributed by atoms with Crippen molar-refractivity contribution in [3.63, 3.8) is 0 Å². The number of hydrogen-bond acceptors (Lipinski definition) is 4. The Morgan fingerprint density at radius 1 is 1.19 bits per heavy atom. The first-order valence-corrected chi connectivity index (χ1v) is 7.71. The Bertz CT molecular complexity index is 651. The van der Waals surface area contributed by atoms with E-state index < -0.39 is 0 Å². The van der Waals surface area contributed by atoms with E-state index in [0.717, 1.165) is 49.0 Å². The fraction of sp³-hybridized carbons (Fsp3) is 0.412. The highest BCUT2D eigenvalue weighted by Crippen LogP contribution is 2.36. The average molecular weight is 282 g/mol. The van der Waals surface area contributed by atoms with E-state index in [0.29, 0.717) is 0 Å². The van der Waals surface area contributed by atoms with Gasteiger partial charge in [0.25, 0.3) is 0 Å². The summed E-state index contributed by atoms with van der Waals surface area (Å²) in [4.78, 5) is 11.7. The van der Waals surface area contributed by atoms with Crippen LogP contribution in [0.4, 0.5) is 17.3 Å². The van der Waals surface area contributed by atoms with Crippen LogP contribution in [0.25, 0.3) is 0 Å². The predicted molar refractivity (Wildman–Crippen MR) is 87.5 cm³/mol. The van der Waals surface area contributed by atoms with E-state index in [2.05, 4.69) is 60.2 Å². The lowest BCUT2D eigenvalue weighted by atomic mass is 10.2. The molecule has 3 rings (SSSR count). The molecule has 110 valence electrons. The smallest absolute Gasteiger partial charge is 0.141 e. The standard InChI is InChI=1S/C17H22N4/c1-4-15-19-16(18-5-2)12(3)17(20-15)21-11-10-13-8-6-7-9-14(13)21/h6-9H,4-5,10-11H2,1-3H3,(H,18,19,20). The third-order valence-corrected chi connectivity index (χ3v) is 3.97. The summed E-state index contributed by atoms with van der Waals surface area (Å²) in [5.41, 5.74) is 3.81. The largest absolute Gasteiger partial charge is 0.370 e. The zero-order valence-corrected chi connectivity index (χ0v) is 13.0. The second-order valence-electron chi connectivity index (χ2n) is 5.35. The Kier molecular flexibility index (Phi) is 3.78. The van der Waals surface area contributed by atoms with Crippen LogP contribution in [-0.4, -0.2) is 23.1 Å². The molecule has 1 aromatic heterocycles. The van der Waals surface area contributed by atoms with Crippen LogP contribution in [0.3, 0.4) is 0 Å². The number of para-hydroxylation sites is 1. The molecule has 1 aliphatic rings. The molecule has 1 N–H and O–H groups in total. The van der Waals surface area contributed by atoms with E-state index in [1.165, 1.54) is 11.3 Å². The molecule has 0 saturated carbocycles. The molecule has 1 aliphatic heterocycles. The van der Waals surface area contributed by atoms with Gasteiger partial charge in [0.1, 0.15) is 17.5 Å². The normalized spacial score (nSPS) is 13.4. The molecule has 0 atom stereocenters.